The molecule has 174 valence electrons. The molecule has 1 heterocycles. The summed E-state index contributed by atoms with van der Waals surface area (Å²) < 4.78 is 13.0. The van der Waals surface area contributed by atoms with E-state index in [0.717, 1.165) is 34.0 Å². The summed E-state index contributed by atoms with van der Waals surface area (Å²) >= 11 is 5.99. The Morgan fingerprint density at radius 3 is 2.44 bits per heavy atom. The smallest absolute Gasteiger partial charge is 0.255 e. The first-order valence-corrected chi connectivity index (χ1v) is 11.3. The zero-order valence-corrected chi connectivity index (χ0v) is 20.1. The fourth-order valence-corrected chi connectivity index (χ4v) is 3.82. The number of benzene rings is 3. The van der Waals surface area contributed by atoms with Gasteiger partial charge in [0.15, 0.2) is 0 Å². The lowest BCUT2D eigenvalue weighted by atomic mass is 10.1. The molecule has 7 heteroatoms. The number of aromatic nitrogens is 2. The van der Waals surface area contributed by atoms with Gasteiger partial charge in [-0.3, -0.25) is 9.48 Å². The maximum absolute atomic E-state index is 12.9. The minimum atomic E-state index is -0.186. The van der Waals surface area contributed by atoms with Crippen LogP contribution in [-0.2, 0) is 13.2 Å². The number of carbonyl (C=O) groups excluding carboxylic acids is 1. The Hall–Kier alpha value is -3.77. The molecule has 1 amide bonds. The Morgan fingerprint density at radius 2 is 1.71 bits per heavy atom. The van der Waals surface area contributed by atoms with Crippen LogP contribution in [0.2, 0.25) is 5.02 Å². The number of halogens is 1. The lowest BCUT2D eigenvalue weighted by molar-refractivity contribution is 0.102. The SMILES string of the molecule is COc1cccc(Cn2nc(C)c(NC(=O)c3ccc(COc4cccc(Cl)c4)cc3)c2C)c1. The number of hydrogen-bond donors (Lipinski definition) is 1. The van der Waals surface area contributed by atoms with E-state index in [1.807, 2.05) is 67.1 Å². The van der Waals surface area contributed by atoms with Crippen LogP contribution in [0.3, 0.4) is 0 Å². The van der Waals surface area contributed by atoms with E-state index in [0.29, 0.717) is 29.5 Å². The van der Waals surface area contributed by atoms with Gasteiger partial charge in [0.05, 0.1) is 30.7 Å². The van der Waals surface area contributed by atoms with Crippen molar-refractivity contribution in [3.05, 3.63) is 106 Å². The van der Waals surface area contributed by atoms with Crippen LogP contribution < -0.4 is 14.8 Å². The first kappa shape index (κ1) is 23.4. The molecule has 0 aliphatic rings. The Bertz CT molecular complexity index is 1300. The number of aryl methyl sites for hydroxylation is 1. The molecule has 0 spiro atoms. The largest absolute Gasteiger partial charge is 0.497 e. The lowest BCUT2D eigenvalue weighted by Crippen LogP contribution is -2.13. The Morgan fingerprint density at radius 1 is 0.971 bits per heavy atom. The summed E-state index contributed by atoms with van der Waals surface area (Å²) in [5.41, 5.74) is 4.96. The summed E-state index contributed by atoms with van der Waals surface area (Å²) in [6.07, 6.45) is 0. The van der Waals surface area contributed by atoms with Crippen LogP contribution in [0.1, 0.15) is 32.9 Å². The lowest BCUT2D eigenvalue weighted by Gasteiger charge is -2.09. The topological polar surface area (TPSA) is 65.4 Å². The highest BCUT2D eigenvalue weighted by molar-refractivity contribution is 6.30. The number of anilines is 1. The summed E-state index contributed by atoms with van der Waals surface area (Å²) in [4.78, 5) is 12.9. The van der Waals surface area contributed by atoms with Crippen molar-refractivity contribution in [2.24, 2.45) is 0 Å². The molecule has 4 rings (SSSR count). The summed E-state index contributed by atoms with van der Waals surface area (Å²) in [5, 5.41) is 8.26. The van der Waals surface area contributed by atoms with Gasteiger partial charge in [-0.2, -0.15) is 5.10 Å². The van der Waals surface area contributed by atoms with Crippen molar-refractivity contribution in [2.45, 2.75) is 27.0 Å². The first-order valence-electron chi connectivity index (χ1n) is 10.9. The molecule has 34 heavy (non-hydrogen) atoms. The molecule has 0 radical (unpaired) electrons. The quantitative estimate of drug-likeness (QED) is 0.337. The Labute approximate surface area is 204 Å². The van der Waals surface area contributed by atoms with Gasteiger partial charge in [0.1, 0.15) is 18.1 Å². The van der Waals surface area contributed by atoms with E-state index < -0.39 is 0 Å². The van der Waals surface area contributed by atoms with E-state index in [1.165, 1.54) is 0 Å². The van der Waals surface area contributed by atoms with Crippen LogP contribution in [-0.4, -0.2) is 22.8 Å². The second-order valence-corrected chi connectivity index (χ2v) is 8.39. The highest BCUT2D eigenvalue weighted by Crippen LogP contribution is 2.23. The number of nitrogens with zero attached hydrogens (tertiary/aromatic N) is 2. The standard InChI is InChI=1S/C27H26ClN3O3/c1-18-26(19(2)31(30-18)16-21-6-4-8-24(14-21)33-3)29-27(32)22-12-10-20(11-13-22)17-34-25-9-5-7-23(28)15-25/h4-15H,16-17H2,1-3H3,(H,29,32). The van der Waals surface area contributed by atoms with Gasteiger partial charge in [0, 0.05) is 10.6 Å². The van der Waals surface area contributed by atoms with Crippen LogP contribution in [0.15, 0.2) is 72.8 Å². The van der Waals surface area contributed by atoms with Crippen molar-refractivity contribution < 1.29 is 14.3 Å². The minimum absolute atomic E-state index is 0.186. The predicted molar refractivity (Wildman–Crippen MR) is 134 cm³/mol. The van der Waals surface area contributed by atoms with Crippen LogP contribution >= 0.6 is 11.6 Å². The van der Waals surface area contributed by atoms with Crippen LogP contribution in [0.25, 0.3) is 0 Å². The van der Waals surface area contributed by atoms with Gasteiger partial charge in [0.25, 0.3) is 5.91 Å². The molecule has 4 aromatic rings. The number of methoxy groups -OCH3 is 1. The summed E-state index contributed by atoms with van der Waals surface area (Å²) in [6.45, 7) is 4.81. The third-order valence-corrected chi connectivity index (χ3v) is 5.74. The van der Waals surface area contributed by atoms with Crippen molar-refractivity contribution in [3.8, 4) is 11.5 Å². The minimum Gasteiger partial charge on any atom is -0.497 e. The second-order valence-electron chi connectivity index (χ2n) is 7.95. The monoisotopic (exact) mass is 475 g/mol. The Kier molecular flexibility index (Phi) is 7.18. The number of rotatable bonds is 8. The van der Waals surface area contributed by atoms with E-state index in [2.05, 4.69) is 10.4 Å². The summed E-state index contributed by atoms with van der Waals surface area (Å²) in [5.74, 6) is 1.31. The highest BCUT2D eigenvalue weighted by atomic mass is 35.5. The normalized spacial score (nSPS) is 10.7. The van der Waals surface area contributed by atoms with E-state index in [9.17, 15) is 4.79 Å². The van der Waals surface area contributed by atoms with Gasteiger partial charge in [-0.15, -0.1) is 0 Å². The molecule has 0 atom stereocenters. The maximum atomic E-state index is 12.9. The van der Waals surface area contributed by atoms with Crippen molar-refractivity contribution in [2.75, 3.05) is 12.4 Å². The van der Waals surface area contributed by atoms with E-state index >= 15 is 0 Å². The molecule has 0 saturated heterocycles. The van der Waals surface area contributed by atoms with Crippen molar-refractivity contribution in [3.63, 3.8) is 0 Å². The van der Waals surface area contributed by atoms with E-state index in [-0.39, 0.29) is 5.91 Å². The molecule has 1 N–H and O–H groups in total. The number of ether oxygens (including phenoxy) is 2. The molecule has 0 saturated carbocycles. The molecule has 0 bridgehead atoms. The number of hydrogen-bond acceptors (Lipinski definition) is 4. The highest BCUT2D eigenvalue weighted by Gasteiger charge is 2.16. The van der Waals surface area contributed by atoms with Gasteiger partial charge in [0.2, 0.25) is 0 Å². The molecule has 0 fully saturated rings. The third-order valence-electron chi connectivity index (χ3n) is 5.50. The molecule has 0 aliphatic heterocycles. The molecular weight excluding hydrogens is 450 g/mol. The van der Waals surface area contributed by atoms with Gasteiger partial charge < -0.3 is 14.8 Å². The molecular formula is C27H26ClN3O3. The molecule has 6 nitrogen and oxygen atoms in total. The van der Waals surface area contributed by atoms with Gasteiger partial charge in [-0.1, -0.05) is 41.9 Å². The summed E-state index contributed by atoms with van der Waals surface area (Å²) in [6, 6.07) is 22.5. The van der Waals surface area contributed by atoms with Gasteiger partial charge in [-0.05, 0) is 67.4 Å². The van der Waals surface area contributed by atoms with Gasteiger partial charge >= 0.3 is 0 Å². The van der Waals surface area contributed by atoms with Crippen molar-refractivity contribution >= 4 is 23.2 Å². The number of carbonyl (C=O) groups is 1. The first-order chi connectivity index (χ1) is 16.4. The van der Waals surface area contributed by atoms with E-state index in [1.54, 1.807) is 31.4 Å². The zero-order valence-electron chi connectivity index (χ0n) is 19.3. The second kappa shape index (κ2) is 10.4. The van der Waals surface area contributed by atoms with Crippen molar-refractivity contribution in [1.29, 1.82) is 0 Å². The third kappa shape index (κ3) is 5.58. The predicted octanol–water partition coefficient (Wildman–Crippen LogP) is 6.04. The maximum Gasteiger partial charge on any atom is 0.255 e. The average molecular weight is 476 g/mol. The fraction of sp³-hybridized carbons (Fsp3) is 0.185. The molecule has 0 aliphatic carbocycles. The average Bonchev–Trinajstić information content (AvgIpc) is 3.10. The summed E-state index contributed by atoms with van der Waals surface area (Å²) in [7, 11) is 1.65. The molecule has 1 aromatic heterocycles. The molecule has 0 unspecified atom stereocenters. The number of amides is 1. The zero-order chi connectivity index (χ0) is 24.1. The van der Waals surface area contributed by atoms with Crippen molar-refractivity contribution in [1.82, 2.24) is 9.78 Å². The van der Waals surface area contributed by atoms with E-state index in [4.69, 9.17) is 21.1 Å². The number of nitrogens with one attached hydrogen (secondary N) is 1. The Balaban J connectivity index is 1.41. The van der Waals surface area contributed by atoms with Crippen LogP contribution in [0.5, 0.6) is 11.5 Å². The van der Waals surface area contributed by atoms with Crippen LogP contribution in [0, 0.1) is 13.8 Å². The fourth-order valence-electron chi connectivity index (χ4n) is 3.64. The van der Waals surface area contributed by atoms with Crippen LogP contribution in [0.4, 0.5) is 5.69 Å². The molecule has 3 aromatic carbocycles. The van der Waals surface area contributed by atoms with Gasteiger partial charge in [-0.25, -0.2) is 0 Å².